The van der Waals surface area contributed by atoms with Crippen molar-refractivity contribution in [1.29, 1.82) is 0 Å². The minimum atomic E-state index is -0.491. The third-order valence-electron chi connectivity index (χ3n) is 4.51. The van der Waals surface area contributed by atoms with Gasteiger partial charge >= 0.3 is 0 Å². The van der Waals surface area contributed by atoms with Gasteiger partial charge in [0.05, 0.1) is 0 Å². The molecule has 6 heteroatoms. The van der Waals surface area contributed by atoms with Crippen molar-refractivity contribution in [3.63, 3.8) is 0 Å². The van der Waals surface area contributed by atoms with E-state index in [0.717, 1.165) is 12.8 Å². The third kappa shape index (κ3) is 4.18. The van der Waals surface area contributed by atoms with E-state index in [2.05, 4.69) is 10.2 Å². The molecule has 0 bridgehead atoms. The predicted octanol–water partition coefficient (Wildman–Crippen LogP) is 3.37. The number of benzene rings is 1. The number of likely N-dealkylation sites (tertiary alicyclic amines) is 1. The van der Waals surface area contributed by atoms with Gasteiger partial charge in [-0.05, 0) is 31.9 Å². The van der Waals surface area contributed by atoms with Crippen LogP contribution in [0.5, 0.6) is 5.75 Å². The Bertz CT molecular complexity index is 691. The Hall–Kier alpha value is -2.37. The van der Waals surface area contributed by atoms with Crippen LogP contribution in [0, 0.1) is 0 Å². The first-order valence-electron chi connectivity index (χ1n) is 8.88. The molecule has 2 heterocycles. The summed E-state index contributed by atoms with van der Waals surface area (Å²) in [6, 6.07) is 9.43. The molecule has 0 spiro atoms. The van der Waals surface area contributed by atoms with Crippen molar-refractivity contribution in [2.75, 3.05) is 13.1 Å². The highest BCUT2D eigenvalue weighted by atomic mass is 16.5. The molecule has 1 atom stereocenters. The number of carbonyl (C=O) groups is 1. The maximum Gasteiger partial charge on any atom is 0.263 e. The fraction of sp³-hybridized carbons (Fsp3) is 0.526. The molecule has 0 saturated carbocycles. The zero-order chi connectivity index (χ0) is 17.8. The summed E-state index contributed by atoms with van der Waals surface area (Å²) in [6.45, 7) is 7.24. The number of hydrogen-bond acceptors (Lipinski definition) is 5. The third-order valence-corrected chi connectivity index (χ3v) is 4.51. The van der Waals surface area contributed by atoms with Gasteiger partial charge in [0.2, 0.25) is 11.8 Å². The topological polar surface area (TPSA) is 68.5 Å². The minimum absolute atomic E-state index is 0.0238. The summed E-state index contributed by atoms with van der Waals surface area (Å²) in [5.74, 6) is 2.58. The lowest BCUT2D eigenvalue weighted by Crippen LogP contribution is -2.44. The summed E-state index contributed by atoms with van der Waals surface area (Å²) in [7, 11) is 0. The summed E-state index contributed by atoms with van der Waals surface area (Å²) in [6.07, 6.45) is 1.18. The van der Waals surface area contributed by atoms with Gasteiger partial charge in [-0.1, -0.05) is 32.0 Å². The second kappa shape index (κ2) is 7.68. The Morgan fingerprint density at radius 2 is 1.84 bits per heavy atom. The van der Waals surface area contributed by atoms with Crippen LogP contribution in [0.3, 0.4) is 0 Å². The average molecular weight is 343 g/mol. The number of amides is 1. The molecule has 6 nitrogen and oxygen atoms in total. The Balaban J connectivity index is 1.53. The molecule has 1 aromatic heterocycles. The number of nitrogens with zero attached hydrogens (tertiary/aromatic N) is 3. The summed E-state index contributed by atoms with van der Waals surface area (Å²) >= 11 is 0. The van der Waals surface area contributed by atoms with Crippen molar-refractivity contribution >= 4 is 5.91 Å². The van der Waals surface area contributed by atoms with Gasteiger partial charge in [-0.25, -0.2) is 0 Å². The zero-order valence-corrected chi connectivity index (χ0v) is 15.0. The Labute approximate surface area is 148 Å². The number of carbonyl (C=O) groups excluding carboxylic acids is 1. The zero-order valence-electron chi connectivity index (χ0n) is 15.0. The maximum absolute atomic E-state index is 12.6. The number of rotatable bonds is 5. The standard InChI is InChI=1S/C19H25N3O3/c1-13(2)17-20-21-18(25-17)15-9-11-22(12-10-15)19(23)14(3)24-16-7-5-4-6-8-16/h4-8,13-15H,9-12H2,1-3H3. The molecule has 0 aliphatic carbocycles. The van der Waals surface area contributed by atoms with Crippen molar-refractivity contribution in [3.8, 4) is 5.75 Å². The van der Waals surface area contributed by atoms with Crippen LogP contribution in [0.25, 0.3) is 0 Å². The van der Waals surface area contributed by atoms with Crippen LogP contribution in [0.2, 0.25) is 0 Å². The summed E-state index contributed by atoms with van der Waals surface area (Å²) in [5.41, 5.74) is 0. The predicted molar refractivity (Wildman–Crippen MR) is 93.5 cm³/mol. The molecule has 1 aliphatic rings. The number of piperidine rings is 1. The van der Waals surface area contributed by atoms with Crippen LogP contribution in [-0.2, 0) is 4.79 Å². The Kier molecular flexibility index (Phi) is 5.36. The van der Waals surface area contributed by atoms with Gasteiger partial charge in [0.1, 0.15) is 5.75 Å². The monoisotopic (exact) mass is 343 g/mol. The van der Waals surface area contributed by atoms with E-state index in [-0.39, 0.29) is 17.7 Å². The fourth-order valence-corrected chi connectivity index (χ4v) is 3.00. The molecular formula is C19H25N3O3. The molecule has 1 aliphatic heterocycles. The molecule has 25 heavy (non-hydrogen) atoms. The van der Waals surface area contributed by atoms with Gasteiger partial charge in [0, 0.05) is 24.9 Å². The van der Waals surface area contributed by atoms with Gasteiger partial charge in [-0.3, -0.25) is 4.79 Å². The number of para-hydroxylation sites is 1. The number of aromatic nitrogens is 2. The largest absolute Gasteiger partial charge is 0.481 e. The van der Waals surface area contributed by atoms with Gasteiger partial charge < -0.3 is 14.1 Å². The highest BCUT2D eigenvalue weighted by Gasteiger charge is 2.30. The second-order valence-corrected chi connectivity index (χ2v) is 6.81. The van der Waals surface area contributed by atoms with Gasteiger partial charge in [-0.15, -0.1) is 10.2 Å². The second-order valence-electron chi connectivity index (χ2n) is 6.81. The normalized spacial score (nSPS) is 16.9. The van der Waals surface area contributed by atoms with Gasteiger partial charge in [0.15, 0.2) is 6.10 Å². The van der Waals surface area contributed by atoms with Crippen LogP contribution in [0.15, 0.2) is 34.7 Å². The highest BCUT2D eigenvalue weighted by molar-refractivity contribution is 5.81. The molecule has 1 fully saturated rings. The first kappa shape index (κ1) is 17.5. The summed E-state index contributed by atoms with van der Waals surface area (Å²) in [4.78, 5) is 14.5. The maximum atomic E-state index is 12.6. The van der Waals surface area contributed by atoms with Crippen molar-refractivity contribution in [2.24, 2.45) is 0 Å². The number of ether oxygens (including phenoxy) is 1. The van der Waals surface area contributed by atoms with E-state index in [1.807, 2.05) is 49.1 Å². The highest BCUT2D eigenvalue weighted by Crippen LogP contribution is 2.28. The molecule has 1 saturated heterocycles. The van der Waals surface area contributed by atoms with Crippen LogP contribution >= 0.6 is 0 Å². The van der Waals surface area contributed by atoms with E-state index < -0.39 is 6.10 Å². The summed E-state index contributed by atoms with van der Waals surface area (Å²) < 4.78 is 11.5. The summed E-state index contributed by atoms with van der Waals surface area (Å²) in [5, 5.41) is 8.28. The van der Waals surface area contributed by atoms with Crippen LogP contribution in [0.1, 0.15) is 57.2 Å². The van der Waals surface area contributed by atoms with Gasteiger partial charge in [0.25, 0.3) is 5.91 Å². The first-order valence-corrected chi connectivity index (χ1v) is 8.88. The number of hydrogen-bond donors (Lipinski definition) is 0. The van der Waals surface area contributed by atoms with E-state index in [4.69, 9.17) is 9.15 Å². The Morgan fingerprint density at radius 1 is 1.16 bits per heavy atom. The van der Waals surface area contributed by atoms with Crippen molar-refractivity contribution in [2.45, 2.75) is 51.6 Å². The lowest BCUT2D eigenvalue weighted by molar-refractivity contribution is -0.139. The van der Waals surface area contributed by atoms with Crippen molar-refractivity contribution in [1.82, 2.24) is 15.1 Å². The van der Waals surface area contributed by atoms with Crippen molar-refractivity contribution < 1.29 is 13.9 Å². The quantitative estimate of drug-likeness (QED) is 0.832. The minimum Gasteiger partial charge on any atom is -0.481 e. The van der Waals surface area contributed by atoms with Crippen molar-refractivity contribution in [3.05, 3.63) is 42.1 Å². The molecule has 1 unspecified atom stereocenters. The van der Waals surface area contributed by atoms with E-state index in [9.17, 15) is 4.79 Å². The molecule has 1 amide bonds. The molecule has 3 rings (SSSR count). The SMILES string of the molecule is CC(Oc1ccccc1)C(=O)N1CCC(c2nnc(C(C)C)o2)CC1. The Morgan fingerprint density at radius 3 is 2.44 bits per heavy atom. The first-order chi connectivity index (χ1) is 12.0. The fourth-order valence-electron chi connectivity index (χ4n) is 3.00. The van der Waals surface area contributed by atoms with Gasteiger partial charge in [-0.2, -0.15) is 0 Å². The average Bonchev–Trinajstić information content (AvgIpc) is 3.12. The smallest absolute Gasteiger partial charge is 0.263 e. The van der Waals surface area contributed by atoms with E-state index in [0.29, 0.717) is 30.6 Å². The molecule has 0 radical (unpaired) electrons. The molecule has 2 aromatic rings. The molecular weight excluding hydrogens is 318 g/mol. The van der Waals surface area contributed by atoms with Crippen LogP contribution < -0.4 is 4.74 Å². The van der Waals surface area contributed by atoms with E-state index in [1.165, 1.54) is 0 Å². The lowest BCUT2D eigenvalue weighted by atomic mass is 9.96. The van der Waals surface area contributed by atoms with Crippen LogP contribution in [0.4, 0.5) is 0 Å². The van der Waals surface area contributed by atoms with E-state index >= 15 is 0 Å². The lowest BCUT2D eigenvalue weighted by Gasteiger charge is -2.32. The molecule has 1 aromatic carbocycles. The van der Waals surface area contributed by atoms with E-state index in [1.54, 1.807) is 6.92 Å². The molecule has 0 N–H and O–H groups in total. The molecule has 134 valence electrons. The van der Waals surface area contributed by atoms with Crippen LogP contribution in [-0.4, -0.2) is 40.2 Å².